The zero-order chi connectivity index (χ0) is 21.3. The molecule has 3 nitrogen and oxygen atoms in total. The van der Waals surface area contributed by atoms with Gasteiger partial charge in [0.15, 0.2) is 0 Å². The first-order valence-corrected chi connectivity index (χ1v) is 9.57. The van der Waals surface area contributed by atoms with E-state index in [1.165, 1.54) is 29.2 Å². The van der Waals surface area contributed by atoms with Gasteiger partial charge in [-0.25, -0.2) is 9.37 Å². The van der Waals surface area contributed by atoms with Crippen LogP contribution in [0.2, 0.25) is 0 Å². The molecule has 0 fully saturated rings. The fourth-order valence-corrected chi connectivity index (χ4v) is 3.88. The van der Waals surface area contributed by atoms with E-state index in [1.54, 1.807) is 26.1 Å². The Labute approximate surface area is 169 Å². The van der Waals surface area contributed by atoms with Gasteiger partial charge in [-0.2, -0.15) is 13.2 Å². The summed E-state index contributed by atoms with van der Waals surface area (Å²) in [6.07, 6.45) is -4.41. The van der Waals surface area contributed by atoms with Gasteiger partial charge in [0.25, 0.3) is 5.91 Å². The zero-order valence-corrected chi connectivity index (χ0v) is 16.7. The van der Waals surface area contributed by atoms with Crippen LogP contribution in [0.15, 0.2) is 48.5 Å². The first-order chi connectivity index (χ1) is 13.6. The lowest BCUT2D eigenvalue weighted by atomic mass is 10.1. The molecule has 3 rings (SSSR count). The van der Waals surface area contributed by atoms with Gasteiger partial charge in [-0.3, -0.25) is 4.79 Å². The maximum atomic E-state index is 13.1. The van der Waals surface area contributed by atoms with Crippen LogP contribution in [0.25, 0.3) is 10.6 Å². The van der Waals surface area contributed by atoms with Gasteiger partial charge in [0.05, 0.1) is 17.3 Å². The molecule has 8 heteroatoms. The monoisotopic (exact) mass is 422 g/mol. The molecule has 152 valence electrons. The molecule has 0 saturated carbocycles. The van der Waals surface area contributed by atoms with Crippen LogP contribution in [0.5, 0.6) is 0 Å². The van der Waals surface area contributed by atoms with Crippen molar-refractivity contribution >= 4 is 17.2 Å². The van der Waals surface area contributed by atoms with Crippen LogP contribution in [0.1, 0.15) is 39.5 Å². The van der Waals surface area contributed by atoms with E-state index in [4.69, 9.17) is 0 Å². The van der Waals surface area contributed by atoms with Crippen molar-refractivity contribution in [1.82, 2.24) is 9.88 Å². The Bertz CT molecular complexity index is 1010. The van der Waals surface area contributed by atoms with E-state index in [-0.39, 0.29) is 17.8 Å². The second-order valence-corrected chi connectivity index (χ2v) is 7.65. The maximum absolute atomic E-state index is 13.1. The number of amides is 1. The third kappa shape index (κ3) is 4.48. The van der Waals surface area contributed by atoms with Crippen molar-refractivity contribution in [3.63, 3.8) is 0 Å². The summed E-state index contributed by atoms with van der Waals surface area (Å²) >= 11 is 1.13. The summed E-state index contributed by atoms with van der Waals surface area (Å²) in [6.45, 7) is 3.52. The number of alkyl halides is 3. The molecule has 0 N–H and O–H groups in total. The van der Waals surface area contributed by atoms with Crippen molar-refractivity contribution in [2.24, 2.45) is 0 Å². The van der Waals surface area contributed by atoms with Gasteiger partial charge in [0.2, 0.25) is 0 Å². The summed E-state index contributed by atoms with van der Waals surface area (Å²) in [5, 5.41) is 0.474. The first-order valence-electron chi connectivity index (χ1n) is 8.75. The highest BCUT2D eigenvalue weighted by molar-refractivity contribution is 7.17. The number of halogens is 4. The van der Waals surface area contributed by atoms with Crippen LogP contribution in [-0.2, 0) is 6.18 Å². The fraction of sp³-hybridized carbons (Fsp3) is 0.238. The number of nitrogens with zero attached hydrogens (tertiary/aromatic N) is 2. The molecular weight excluding hydrogens is 404 g/mol. The number of carbonyl (C=O) groups excluding carboxylic acids is 1. The van der Waals surface area contributed by atoms with Crippen LogP contribution in [-0.4, -0.2) is 22.8 Å². The van der Waals surface area contributed by atoms with Crippen molar-refractivity contribution in [3.05, 3.63) is 76.0 Å². The zero-order valence-electron chi connectivity index (χ0n) is 15.9. The Kier molecular flexibility index (Phi) is 5.75. The minimum atomic E-state index is -4.41. The predicted molar refractivity (Wildman–Crippen MR) is 104 cm³/mol. The number of aromatic nitrogens is 1. The Balaban J connectivity index is 1.83. The van der Waals surface area contributed by atoms with Gasteiger partial charge in [0.1, 0.15) is 15.7 Å². The quantitative estimate of drug-likeness (QED) is 0.475. The topological polar surface area (TPSA) is 33.2 Å². The Morgan fingerprint density at radius 3 is 2.21 bits per heavy atom. The Morgan fingerprint density at radius 2 is 1.66 bits per heavy atom. The van der Waals surface area contributed by atoms with Gasteiger partial charge < -0.3 is 4.90 Å². The number of hydrogen-bond donors (Lipinski definition) is 0. The molecule has 0 radical (unpaired) electrons. The summed E-state index contributed by atoms with van der Waals surface area (Å²) in [5.74, 6) is -0.607. The summed E-state index contributed by atoms with van der Waals surface area (Å²) in [7, 11) is 1.65. The van der Waals surface area contributed by atoms with Gasteiger partial charge in [-0.1, -0.05) is 24.3 Å². The molecule has 0 aliphatic carbocycles. The first kappa shape index (κ1) is 21.0. The van der Waals surface area contributed by atoms with Gasteiger partial charge in [0, 0.05) is 12.6 Å². The smallest absolute Gasteiger partial charge is 0.334 e. The molecule has 0 aliphatic heterocycles. The predicted octanol–water partition coefficient (Wildman–Crippen LogP) is 6.11. The summed E-state index contributed by atoms with van der Waals surface area (Å²) in [6, 6.07) is 10.3. The largest absolute Gasteiger partial charge is 0.416 e. The molecule has 1 unspecified atom stereocenters. The van der Waals surface area contributed by atoms with Gasteiger partial charge >= 0.3 is 6.18 Å². The molecule has 0 saturated heterocycles. The highest BCUT2D eigenvalue weighted by atomic mass is 32.1. The lowest BCUT2D eigenvalue weighted by Crippen LogP contribution is -2.29. The van der Waals surface area contributed by atoms with E-state index in [0.29, 0.717) is 21.1 Å². The lowest BCUT2D eigenvalue weighted by molar-refractivity contribution is -0.137. The van der Waals surface area contributed by atoms with Crippen molar-refractivity contribution in [2.45, 2.75) is 26.1 Å². The molecule has 0 spiro atoms. The van der Waals surface area contributed by atoms with Crippen LogP contribution in [0.3, 0.4) is 0 Å². The van der Waals surface area contributed by atoms with Crippen molar-refractivity contribution in [3.8, 4) is 10.6 Å². The summed E-state index contributed by atoms with van der Waals surface area (Å²) in [4.78, 5) is 19.3. The van der Waals surface area contributed by atoms with Crippen molar-refractivity contribution in [2.75, 3.05) is 7.05 Å². The van der Waals surface area contributed by atoms with Gasteiger partial charge in [-0.15, -0.1) is 11.3 Å². The standard InChI is InChI=1S/C21H18F4N2OS/c1-12-18(20(28)27(3)13(2)14-6-10-17(22)11-7-14)29-19(26-12)15-4-8-16(9-5-15)21(23,24)25/h4-11,13H,1-3H3. The minimum absolute atomic E-state index is 0.255. The molecule has 2 aromatic carbocycles. The second-order valence-electron chi connectivity index (χ2n) is 6.65. The third-order valence-electron chi connectivity index (χ3n) is 4.70. The van der Waals surface area contributed by atoms with E-state index in [1.807, 2.05) is 6.92 Å². The average molecular weight is 422 g/mol. The highest BCUT2D eigenvalue weighted by Crippen LogP contribution is 2.34. The third-order valence-corrected chi connectivity index (χ3v) is 5.90. The van der Waals surface area contributed by atoms with Crippen LogP contribution in [0.4, 0.5) is 17.6 Å². The highest BCUT2D eigenvalue weighted by Gasteiger charge is 2.30. The molecule has 0 aliphatic rings. The maximum Gasteiger partial charge on any atom is 0.416 e. The van der Waals surface area contributed by atoms with E-state index in [9.17, 15) is 22.4 Å². The Hall–Kier alpha value is -2.74. The summed E-state index contributed by atoms with van der Waals surface area (Å²) < 4.78 is 51.3. The van der Waals surface area contributed by atoms with Crippen LogP contribution >= 0.6 is 11.3 Å². The van der Waals surface area contributed by atoms with E-state index >= 15 is 0 Å². The molecule has 1 heterocycles. The second kappa shape index (κ2) is 7.94. The molecule has 0 bridgehead atoms. The van der Waals surface area contributed by atoms with Crippen molar-refractivity contribution < 1.29 is 22.4 Å². The number of aryl methyl sites for hydroxylation is 1. The summed E-state index contributed by atoms with van der Waals surface area (Å²) in [5.41, 5.74) is 1.07. The van der Waals surface area contributed by atoms with Crippen LogP contribution < -0.4 is 0 Å². The molecule has 1 aromatic heterocycles. The van der Waals surface area contributed by atoms with E-state index in [2.05, 4.69) is 4.98 Å². The van der Waals surface area contributed by atoms with Gasteiger partial charge in [-0.05, 0) is 43.7 Å². The number of carbonyl (C=O) groups is 1. The average Bonchev–Trinajstić information content (AvgIpc) is 3.08. The fourth-order valence-electron chi connectivity index (χ4n) is 2.82. The Morgan fingerprint density at radius 1 is 1.07 bits per heavy atom. The molecule has 1 amide bonds. The molecule has 3 aromatic rings. The SMILES string of the molecule is Cc1nc(-c2ccc(C(F)(F)F)cc2)sc1C(=O)N(C)C(C)c1ccc(F)cc1. The molecule has 1 atom stereocenters. The molecule has 29 heavy (non-hydrogen) atoms. The number of hydrogen-bond acceptors (Lipinski definition) is 3. The van der Waals surface area contributed by atoms with Crippen molar-refractivity contribution in [1.29, 1.82) is 0 Å². The lowest BCUT2D eigenvalue weighted by Gasteiger charge is -2.25. The molecular formula is C21H18F4N2OS. The van der Waals surface area contributed by atoms with E-state index in [0.717, 1.165) is 29.0 Å². The minimum Gasteiger partial charge on any atom is -0.334 e. The number of benzene rings is 2. The van der Waals surface area contributed by atoms with E-state index < -0.39 is 11.7 Å². The number of rotatable bonds is 4. The van der Waals surface area contributed by atoms with Crippen LogP contribution in [0, 0.1) is 12.7 Å². The number of thiazole rings is 1. The normalized spacial score (nSPS) is 12.7.